The summed E-state index contributed by atoms with van der Waals surface area (Å²) >= 11 is 0. The lowest BCUT2D eigenvalue weighted by Gasteiger charge is -2.26. The fourth-order valence-corrected chi connectivity index (χ4v) is 1.85. The fourth-order valence-electron chi connectivity index (χ4n) is 1.85. The molecule has 3 N–H and O–H groups in total. The number of nitrogens with zero attached hydrogens (tertiary/aromatic N) is 1. The molecule has 0 bridgehead atoms. The molecule has 0 aliphatic rings. The summed E-state index contributed by atoms with van der Waals surface area (Å²) in [5.41, 5.74) is 8.36. The average molecular weight is 238 g/mol. The number of nitrogens with two attached hydrogens (primary N) is 1. The van der Waals surface area contributed by atoms with E-state index < -0.39 is 0 Å². The van der Waals surface area contributed by atoms with Gasteiger partial charge in [-0.3, -0.25) is 4.98 Å². The number of hydrogen-bond donors (Lipinski definition) is 2. The van der Waals surface area contributed by atoms with Gasteiger partial charge >= 0.3 is 0 Å². The molecule has 1 rings (SSSR count). The highest BCUT2D eigenvalue weighted by molar-refractivity contribution is 5.41. The molecule has 0 aliphatic carbocycles. The maximum atomic E-state index is 9.38. The van der Waals surface area contributed by atoms with E-state index in [0.717, 1.165) is 22.6 Å². The molecule has 1 unspecified atom stereocenters. The van der Waals surface area contributed by atoms with Crippen molar-refractivity contribution in [1.82, 2.24) is 4.98 Å². The first-order chi connectivity index (χ1) is 7.97. The molecule has 0 aliphatic heterocycles. The number of ether oxygens (including phenoxy) is 1. The Hall–Kier alpha value is -1.13. The van der Waals surface area contributed by atoms with Gasteiger partial charge in [-0.15, -0.1) is 0 Å². The Morgan fingerprint density at radius 1 is 1.47 bits per heavy atom. The minimum Gasteiger partial charge on any atom is -0.496 e. The molecule has 17 heavy (non-hydrogen) atoms. The summed E-state index contributed by atoms with van der Waals surface area (Å²) in [4.78, 5) is 4.42. The Morgan fingerprint density at radius 3 is 2.59 bits per heavy atom. The highest BCUT2D eigenvalue weighted by atomic mass is 16.5. The third-order valence-corrected chi connectivity index (χ3v) is 3.22. The Balaban J connectivity index is 3.08. The molecule has 1 aromatic heterocycles. The van der Waals surface area contributed by atoms with Gasteiger partial charge in [-0.2, -0.15) is 0 Å². The molecule has 0 radical (unpaired) electrons. The molecule has 0 amide bonds. The standard InChI is InChI=1S/C13H22N2O2/c1-9-6-15-11(10(2)12(9)17-4)5-13(3,7-14)8-16/h6,16H,5,7-8,14H2,1-4H3. The van der Waals surface area contributed by atoms with Crippen molar-refractivity contribution < 1.29 is 9.84 Å². The van der Waals surface area contributed by atoms with E-state index in [-0.39, 0.29) is 12.0 Å². The number of aliphatic hydroxyl groups is 1. The quantitative estimate of drug-likeness (QED) is 0.809. The van der Waals surface area contributed by atoms with E-state index in [1.54, 1.807) is 13.3 Å². The summed E-state index contributed by atoms with van der Waals surface area (Å²) in [6.45, 7) is 6.40. The van der Waals surface area contributed by atoms with E-state index in [9.17, 15) is 5.11 Å². The average Bonchev–Trinajstić information content (AvgIpc) is 2.33. The normalized spacial score (nSPS) is 14.5. The molecule has 4 heteroatoms. The first-order valence-corrected chi connectivity index (χ1v) is 5.77. The summed E-state index contributed by atoms with van der Waals surface area (Å²) in [5.74, 6) is 0.868. The lowest BCUT2D eigenvalue weighted by atomic mass is 9.85. The van der Waals surface area contributed by atoms with Crippen molar-refractivity contribution in [3.63, 3.8) is 0 Å². The van der Waals surface area contributed by atoms with E-state index in [1.165, 1.54) is 0 Å². The first kappa shape index (κ1) is 13.9. The highest BCUT2D eigenvalue weighted by Gasteiger charge is 2.24. The predicted octanol–water partition coefficient (Wildman–Crippen LogP) is 1.21. The SMILES string of the molecule is COc1c(C)cnc(CC(C)(CN)CO)c1C. The Labute approximate surface area is 103 Å². The van der Waals surface area contributed by atoms with Crippen LogP contribution in [0.4, 0.5) is 0 Å². The van der Waals surface area contributed by atoms with Crippen molar-refractivity contribution in [2.45, 2.75) is 27.2 Å². The number of aliphatic hydroxyl groups excluding tert-OH is 1. The van der Waals surface area contributed by atoms with Crippen LogP contribution in [0.3, 0.4) is 0 Å². The van der Waals surface area contributed by atoms with E-state index in [2.05, 4.69) is 4.98 Å². The molecule has 96 valence electrons. The van der Waals surface area contributed by atoms with Gasteiger partial charge in [-0.25, -0.2) is 0 Å². The van der Waals surface area contributed by atoms with Crippen LogP contribution in [-0.2, 0) is 6.42 Å². The largest absolute Gasteiger partial charge is 0.496 e. The molecule has 1 atom stereocenters. The number of aryl methyl sites for hydroxylation is 1. The monoisotopic (exact) mass is 238 g/mol. The van der Waals surface area contributed by atoms with Crippen LogP contribution in [0.25, 0.3) is 0 Å². The van der Waals surface area contributed by atoms with Gasteiger partial charge in [0.05, 0.1) is 13.7 Å². The minimum atomic E-state index is -0.321. The van der Waals surface area contributed by atoms with Gasteiger partial charge in [-0.05, 0) is 20.3 Å². The lowest BCUT2D eigenvalue weighted by Crippen LogP contribution is -2.33. The Bertz CT molecular complexity index is 387. The van der Waals surface area contributed by atoms with Crippen molar-refractivity contribution in [3.05, 3.63) is 23.0 Å². The van der Waals surface area contributed by atoms with Crippen LogP contribution >= 0.6 is 0 Å². The fraction of sp³-hybridized carbons (Fsp3) is 0.615. The molecular formula is C13H22N2O2. The molecule has 0 aromatic carbocycles. The molecule has 0 saturated carbocycles. The summed E-state index contributed by atoms with van der Waals surface area (Å²) in [5, 5.41) is 9.38. The number of rotatable bonds is 5. The molecule has 1 heterocycles. The molecule has 1 aromatic rings. The van der Waals surface area contributed by atoms with E-state index in [4.69, 9.17) is 10.5 Å². The summed E-state index contributed by atoms with van der Waals surface area (Å²) < 4.78 is 5.36. The molecule has 0 spiro atoms. The lowest BCUT2D eigenvalue weighted by molar-refractivity contribution is 0.148. The molecular weight excluding hydrogens is 216 g/mol. The summed E-state index contributed by atoms with van der Waals surface area (Å²) in [6, 6.07) is 0. The first-order valence-electron chi connectivity index (χ1n) is 5.77. The van der Waals surface area contributed by atoms with Crippen LogP contribution in [-0.4, -0.2) is 30.4 Å². The second-order valence-corrected chi connectivity index (χ2v) is 4.90. The van der Waals surface area contributed by atoms with Crippen molar-refractivity contribution in [3.8, 4) is 5.75 Å². The highest BCUT2D eigenvalue weighted by Crippen LogP contribution is 2.28. The van der Waals surface area contributed by atoms with E-state index >= 15 is 0 Å². The van der Waals surface area contributed by atoms with Crippen LogP contribution in [0.5, 0.6) is 5.75 Å². The summed E-state index contributed by atoms with van der Waals surface area (Å²) in [6.07, 6.45) is 2.46. The van der Waals surface area contributed by atoms with Crippen LogP contribution in [0.2, 0.25) is 0 Å². The van der Waals surface area contributed by atoms with Gasteiger partial charge in [0, 0.05) is 35.0 Å². The van der Waals surface area contributed by atoms with E-state index in [1.807, 2.05) is 20.8 Å². The molecule has 4 nitrogen and oxygen atoms in total. The van der Waals surface area contributed by atoms with Crippen molar-refractivity contribution in [2.75, 3.05) is 20.3 Å². The Morgan fingerprint density at radius 2 is 2.12 bits per heavy atom. The van der Waals surface area contributed by atoms with Crippen LogP contribution in [0, 0.1) is 19.3 Å². The van der Waals surface area contributed by atoms with Gasteiger partial charge < -0.3 is 15.6 Å². The molecule has 0 saturated heterocycles. The molecule has 0 fully saturated rings. The van der Waals surface area contributed by atoms with Crippen molar-refractivity contribution in [2.24, 2.45) is 11.1 Å². The zero-order chi connectivity index (χ0) is 13.1. The third kappa shape index (κ3) is 2.96. The number of aromatic nitrogens is 1. The second kappa shape index (κ2) is 5.47. The predicted molar refractivity (Wildman–Crippen MR) is 68.2 cm³/mol. The summed E-state index contributed by atoms with van der Waals surface area (Å²) in [7, 11) is 1.66. The Kier molecular flexibility index (Phi) is 4.48. The van der Waals surface area contributed by atoms with Crippen LogP contribution < -0.4 is 10.5 Å². The van der Waals surface area contributed by atoms with E-state index in [0.29, 0.717) is 13.0 Å². The maximum absolute atomic E-state index is 9.38. The van der Waals surface area contributed by atoms with Gasteiger partial charge in [0.1, 0.15) is 5.75 Å². The van der Waals surface area contributed by atoms with Gasteiger partial charge in [0.15, 0.2) is 0 Å². The van der Waals surface area contributed by atoms with Gasteiger partial charge in [0.25, 0.3) is 0 Å². The zero-order valence-corrected chi connectivity index (χ0v) is 11.1. The third-order valence-electron chi connectivity index (χ3n) is 3.22. The van der Waals surface area contributed by atoms with Crippen LogP contribution in [0.15, 0.2) is 6.20 Å². The number of methoxy groups -OCH3 is 1. The van der Waals surface area contributed by atoms with Crippen molar-refractivity contribution in [1.29, 1.82) is 0 Å². The van der Waals surface area contributed by atoms with Gasteiger partial charge in [-0.1, -0.05) is 6.92 Å². The minimum absolute atomic E-state index is 0.0564. The topological polar surface area (TPSA) is 68.4 Å². The van der Waals surface area contributed by atoms with Crippen molar-refractivity contribution >= 4 is 0 Å². The van der Waals surface area contributed by atoms with Gasteiger partial charge in [0.2, 0.25) is 0 Å². The second-order valence-electron chi connectivity index (χ2n) is 4.90. The maximum Gasteiger partial charge on any atom is 0.128 e. The zero-order valence-electron chi connectivity index (χ0n) is 11.1. The number of hydrogen-bond acceptors (Lipinski definition) is 4. The smallest absolute Gasteiger partial charge is 0.128 e. The number of pyridine rings is 1. The van der Waals surface area contributed by atoms with Crippen LogP contribution in [0.1, 0.15) is 23.7 Å².